The van der Waals surface area contributed by atoms with E-state index in [0.29, 0.717) is 17.9 Å². The number of aliphatic hydroxyl groups is 1. The molecular formula is C8H16O2. The maximum Gasteiger partial charge on any atom is 0.0838 e. The third-order valence-electron chi connectivity index (χ3n) is 2.73. The van der Waals surface area contributed by atoms with Crippen LogP contribution in [0.3, 0.4) is 0 Å². The zero-order chi connectivity index (χ0) is 7.72. The minimum atomic E-state index is 0.0741. The van der Waals surface area contributed by atoms with Crippen LogP contribution in [0.2, 0.25) is 0 Å². The first-order valence-corrected chi connectivity index (χ1v) is 3.93. The Bertz CT molecular complexity index is 114. The molecule has 1 N–H and O–H groups in total. The zero-order valence-corrected chi connectivity index (χ0v) is 6.87. The van der Waals surface area contributed by atoms with E-state index in [-0.39, 0.29) is 12.7 Å². The molecule has 0 aromatic heterocycles. The molecule has 1 heterocycles. The van der Waals surface area contributed by atoms with Crippen molar-refractivity contribution >= 4 is 0 Å². The fourth-order valence-electron chi connectivity index (χ4n) is 1.50. The predicted molar refractivity (Wildman–Crippen MR) is 39.7 cm³/mol. The standard InChI is InChI=1S/C8H16O2/c1-5-6(2)8(4-9)10-7(5)3/h5-9H,4H2,1-3H3/t5-,6?,7-,8+/m0/s1. The van der Waals surface area contributed by atoms with Crippen molar-refractivity contribution in [3.8, 4) is 0 Å². The van der Waals surface area contributed by atoms with Crippen molar-refractivity contribution in [2.75, 3.05) is 6.61 Å². The molecule has 4 atom stereocenters. The van der Waals surface area contributed by atoms with Gasteiger partial charge in [0.2, 0.25) is 0 Å². The molecule has 10 heavy (non-hydrogen) atoms. The quantitative estimate of drug-likeness (QED) is 0.595. The maximum absolute atomic E-state index is 8.85. The molecule has 1 saturated heterocycles. The molecule has 1 aliphatic rings. The Morgan fingerprint density at radius 3 is 2.00 bits per heavy atom. The lowest BCUT2D eigenvalue weighted by atomic mass is 9.91. The van der Waals surface area contributed by atoms with Crippen LogP contribution < -0.4 is 0 Å². The average Bonchev–Trinajstić information content (AvgIpc) is 2.17. The monoisotopic (exact) mass is 144 g/mol. The van der Waals surface area contributed by atoms with Gasteiger partial charge < -0.3 is 9.84 Å². The van der Waals surface area contributed by atoms with Gasteiger partial charge in [0.1, 0.15) is 0 Å². The molecule has 2 heteroatoms. The highest BCUT2D eigenvalue weighted by atomic mass is 16.5. The van der Waals surface area contributed by atoms with Crippen molar-refractivity contribution in [2.45, 2.75) is 33.0 Å². The molecule has 0 radical (unpaired) electrons. The van der Waals surface area contributed by atoms with Crippen molar-refractivity contribution < 1.29 is 9.84 Å². The van der Waals surface area contributed by atoms with Crippen LogP contribution in [-0.2, 0) is 4.74 Å². The molecule has 0 aliphatic carbocycles. The highest BCUT2D eigenvalue weighted by Crippen LogP contribution is 2.31. The van der Waals surface area contributed by atoms with Crippen molar-refractivity contribution in [1.29, 1.82) is 0 Å². The van der Waals surface area contributed by atoms with Crippen LogP contribution in [0.15, 0.2) is 0 Å². The summed E-state index contributed by atoms with van der Waals surface area (Å²) in [6.07, 6.45) is 0.386. The molecule has 0 spiro atoms. The van der Waals surface area contributed by atoms with Gasteiger partial charge in [-0.25, -0.2) is 0 Å². The number of hydrogen-bond acceptors (Lipinski definition) is 2. The highest BCUT2D eigenvalue weighted by Gasteiger charge is 2.35. The normalized spacial score (nSPS) is 48.0. The van der Waals surface area contributed by atoms with Crippen molar-refractivity contribution in [2.24, 2.45) is 11.8 Å². The lowest BCUT2D eigenvalue weighted by molar-refractivity contribution is 0.00657. The van der Waals surface area contributed by atoms with Crippen molar-refractivity contribution in [1.82, 2.24) is 0 Å². The second-order valence-electron chi connectivity index (χ2n) is 3.28. The van der Waals surface area contributed by atoms with Gasteiger partial charge in [0.15, 0.2) is 0 Å². The van der Waals surface area contributed by atoms with E-state index in [1.54, 1.807) is 0 Å². The Balaban J connectivity index is 2.53. The topological polar surface area (TPSA) is 29.5 Å². The second kappa shape index (κ2) is 2.89. The summed E-state index contributed by atoms with van der Waals surface area (Å²) in [7, 11) is 0. The summed E-state index contributed by atoms with van der Waals surface area (Å²) < 4.78 is 5.48. The molecule has 1 fully saturated rings. The first-order chi connectivity index (χ1) is 4.66. The Kier molecular flexibility index (Phi) is 2.32. The fourth-order valence-corrected chi connectivity index (χ4v) is 1.50. The third kappa shape index (κ3) is 1.18. The SMILES string of the molecule is CC1[C@@H](CO)O[C@@H](C)[C@H]1C. The first kappa shape index (κ1) is 8.02. The van der Waals surface area contributed by atoms with Gasteiger partial charge in [-0.1, -0.05) is 13.8 Å². The number of aliphatic hydroxyl groups excluding tert-OH is 1. The van der Waals surface area contributed by atoms with Crippen molar-refractivity contribution in [3.63, 3.8) is 0 Å². The summed E-state index contributed by atoms with van der Waals surface area (Å²) in [4.78, 5) is 0. The third-order valence-corrected chi connectivity index (χ3v) is 2.73. The van der Waals surface area contributed by atoms with E-state index < -0.39 is 0 Å². The summed E-state index contributed by atoms with van der Waals surface area (Å²) in [6.45, 7) is 6.53. The van der Waals surface area contributed by atoms with E-state index in [0.717, 1.165) is 0 Å². The Labute approximate surface area is 62.2 Å². The highest BCUT2D eigenvalue weighted by molar-refractivity contribution is 4.82. The van der Waals surface area contributed by atoms with Crippen LogP contribution in [0.4, 0.5) is 0 Å². The van der Waals surface area contributed by atoms with Gasteiger partial charge >= 0.3 is 0 Å². The Hall–Kier alpha value is -0.0800. The number of hydrogen-bond donors (Lipinski definition) is 1. The molecule has 1 unspecified atom stereocenters. The average molecular weight is 144 g/mol. The van der Waals surface area contributed by atoms with E-state index in [1.807, 2.05) is 0 Å². The van der Waals surface area contributed by atoms with Gasteiger partial charge in [-0.2, -0.15) is 0 Å². The maximum atomic E-state index is 8.85. The summed E-state index contributed by atoms with van der Waals surface area (Å²) in [5.41, 5.74) is 0. The van der Waals surface area contributed by atoms with Gasteiger partial charge in [-0.3, -0.25) is 0 Å². The summed E-state index contributed by atoms with van der Waals surface area (Å²) in [6, 6.07) is 0. The summed E-state index contributed by atoms with van der Waals surface area (Å²) in [5.74, 6) is 1.08. The largest absolute Gasteiger partial charge is 0.394 e. The first-order valence-electron chi connectivity index (χ1n) is 3.93. The molecule has 0 bridgehead atoms. The summed E-state index contributed by atoms with van der Waals surface area (Å²) >= 11 is 0. The van der Waals surface area contributed by atoms with Crippen molar-refractivity contribution in [3.05, 3.63) is 0 Å². The molecule has 60 valence electrons. The predicted octanol–water partition coefficient (Wildman–Crippen LogP) is 1.04. The van der Waals surface area contributed by atoms with E-state index in [9.17, 15) is 0 Å². The molecule has 1 rings (SSSR count). The minimum absolute atomic E-state index is 0.0741. The van der Waals surface area contributed by atoms with Gasteiger partial charge in [0.05, 0.1) is 18.8 Å². The van der Waals surface area contributed by atoms with Gasteiger partial charge in [0, 0.05) is 0 Å². The van der Waals surface area contributed by atoms with Crippen LogP contribution in [0, 0.1) is 11.8 Å². The Morgan fingerprint density at radius 1 is 1.20 bits per heavy atom. The van der Waals surface area contributed by atoms with Gasteiger partial charge in [0.25, 0.3) is 0 Å². The van der Waals surface area contributed by atoms with E-state index in [2.05, 4.69) is 20.8 Å². The zero-order valence-electron chi connectivity index (χ0n) is 6.87. The molecule has 0 aromatic rings. The van der Waals surface area contributed by atoms with Crippen LogP contribution in [-0.4, -0.2) is 23.9 Å². The molecule has 0 aromatic carbocycles. The number of ether oxygens (including phenoxy) is 1. The molecule has 0 amide bonds. The van der Waals surface area contributed by atoms with E-state index in [1.165, 1.54) is 0 Å². The minimum Gasteiger partial charge on any atom is -0.394 e. The van der Waals surface area contributed by atoms with Crippen LogP contribution in [0.1, 0.15) is 20.8 Å². The molecule has 1 aliphatic heterocycles. The lowest BCUT2D eigenvalue weighted by Gasteiger charge is -2.12. The van der Waals surface area contributed by atoms with E-state index in [4.69, 9.17) is 9.84 Å². The van der Waals surface area contributed by atoms with Gasteiger partial charge in [-0.15, -0.1) is 0 Å². The second-order valence-corrected chi connectivity index (χ2v) is 3.28. The van der Waals surface area contributed by atoms with Crippen LogP contribution >= 0.6 is 0 Å². The lowest BCUT2D eigenvalue weighted by Crippen LogP contribution is -2.19. The van der Waals surface area contributed by atoms with Crippen LogP contribution in [0.25, 0.3) is 0 Å². The summed E-state index contributed by atoms with van der Waals surface area (Å²) in [5, 5.41) is 8.85. The smallest absolute Gasteiger partial charge is 0.0838 e. The van der Waals surface area contributed by atoms with E-state index >= 15 is 0 Å². The molecular weight excluding hydrogens is 128 g/mol. The molecule has 0 saturated carbocycles. The Morgan fingerprint density at radius 2 is 1.80 bits per heavy atom. The van der Waals surface area contributed by atoms with Gasteiger partial charge in [-0.05, 0) is 18.8 Å². The molecule has 2 nitrogen and oxygen atoms in total. The van der Waals surface area contributed by atoms with Crippen LogP contribution in [0.5, 0.6) is 0 Å². The fraction of sp³-hybridized carbons (Fsp3) is 1.00. The number of rotatable bonds is 1.